The molecule has 3 rings (SSSR count). The molecule has 128 valence electrons. The normalized spacial score (nSPS) is 28.2. The van der Waals surface area contributed by atoms with Crippen LogP contribution in [-0.2, 0) is 11.6 Å². The Kier molecular flexibility index (Phi) is 3.92. The standard InChI is InChI=1S/C18H18F3NO2/c1-16(24)10-17(11-16,15(23)14-4-2-3-9-22-14)12-5-7-13(8-6-12)18(19,20)21/h2-9,15,23-24H,10-11H2,1H3/t15-,16-,17-/m1/s1. The summed E-state index contributed by atoms with van der Waals surface area (Å²) in [5.74, 6) is 0. The van der Waals surface area contributed by atoms with Crippen LogP contribution in [-0.4, -0.2) is 20.8 Å². The molecule has 1 saturated carbocycles. The molecule has 1 aromatic heterocycles. The van der Waals surface area contributed by atoms with E-state index >= 15 is 0 Å². The zero-order chi connectivity index (χ0) is 17.6. The highest BCUT2D eigenvalue weighted by atomic mass is 19.4. The molecule has 6 heteroatoms. The van der Waals surface area contributed by atoms with Crippen LogP contribution < -0.4 is 0 Å². The van der Waals surface area contributed by atoms with Gasteiger partial charge < -0.3 is 10.2 Å². The van der Waals surface area contributed by atoms with E-state index in [4.69, 9.17) is 0 Å². The summed E-state index contributed by atoms with van der Waals surface area (Å²) in [5, 5.41) is 21.0. The fourth-order valence-corrected chi connectivity index (χ4v) is 3.67. The molecule has 1 aromatic carbocycles. The summed E-state index contributed by atoms with van der Waals surface area (Å²) in [5.41, 5.74) is -1.53. The van der Waals surface area contributed by atoms with Crippen LogP contribution in [0.15, 0.2) is 48.7 Å². The van der Waals surface area contributed by atoms with Crippen LogP contribution in [0.5, 0.6) is 0 Å². The number of halogens is 3. The lowest BCUT2D eigenvalue weighted by molar-refractivity contribution is -0.138. The van der Waals surface area contributed by atoms with E-state index in [1.54, 1.807) is 31.3 Å². The first-order chi connectivity index (χ1) is 11.1. The van der Waals surface area contributed by atoms with Gasteiger partial charge in [0.05, 0.1) is 16.9 Å². The Hall–Kier alpha value is -1.92. The van der Waals surface area contributed by atoms with Crippen LogP contribution >= 0.6 is 0 Å². The van der Waals surface area contributed by atoms with Crippen molar-refractivity contribution in [1.29, 1.82) is 0 Å². The number of alkyl halides is 3. The number of rotatable bonds is 3. The lowest BCUT2D eigenvalue weighted by Crippen LogP contribution is -2.56. The zero-order valence-electron chi connectivity index (χ0n) is 13.1. The molecule has 0 bridgehead atoms. The first-order valence-corrected chi connectivity index (χ1v) is 7.63. The summed E-state index contributed by atoms with van der Waals surface area (Å²) in [6.45, 7) is 1.65. The summed E-state index contributed by atoms with van der Waals surface area (Å²) in [6.07, 6.45) is -3.35. The molecule has 0 amide bonds. The molecular formula is C18H18F3NO2. The molecule has 0 unspecified atom stereocenters. The van der Waals surface area contributed by atoms with Crippen LogP contribution in [0.25, 0.3) is 0 Å². The number of aromatic nitrogens is 1. The molecule has 1 aliphatic rings. The largest absolute Gasteiger partial charge is 0.416 e. The average molecular weight is 337 g/mol. The SMILES string of the molecule is C[C@]1(O)C[C@](c2ccc(C(F)(F)F)cc2)([C@H](O)c2ccccn2)C1. The highest BCUT2D eigenvalue weighted by molar-refractivity contribution is 5.37. The number of aliphatic hydroxyl groups is 2. The minimum atomic E-state index is -4.41. The Balaban J connectivity index is 1.98. The van der Waals surface area contributed by atoms with E-state index < -0.39 is 28.9 Å². The number of nitrogens with zero attached hydrogens (tertiary/aromatic N) is 1. The third-order valence-corrected chi connectivity index (χ3v) is 4.67. The second-order valence-corrected chi connectivity index (χ2v) is 6.74. The van der Waals surface area contributed by atoms with Gasteiger partial charge in [0.25, 0.3) is 0 Å². The maximum atomic E-state index is 12.8. The second kappa shape index (κ2) is 5.57. The van der Waals surface area contributed by atoms with Gasteiger partial charge in [-0.2, -0.15) is 13.2 Å². The molecular weight excluding hydrogens is 319 g/mol. The molecule has 0 spiro atoms. The van der Waals surface area contributed by atoms with Gasteiger partial charge in [-0.15, -0.1) is 0 Å². The summed E-state index contributed by atoms with van der Waals surface area (Å²) in [4.78, 5) is 4.15. The lowest BCUT2D eigenvalue weighted by Gasteiger charge is -2.54. The maximum absolute atomic E-state index is 12.8. The number of hydrogen-bond donors (Lipinski definition) is 2. The molecule has 3 nitrogen and oxygen atoms in total. The molecule has 1 atom stereocenters. The highest BCUT2D eigenvalue weighted by Crippen LogP contribution is 2.56. The van der Waals surface area contributed by atoms with Crippen molar-refractivity contribution in [3.8, 4) is 0 Å². The van der Waals surface area contributed by atoms with Crippen LogP contribution in [0.3, 0.4) is 0 Å². The molecule has 2 aromatic rings. The molecule has 2 N–H and O–H groups in total. The number of hydrogen-bond acceptors (Lipinski definition) is 3. The topological polar surface area (TPSA) is 53.4 Å². The van der Waals surface area contributed by atoms with Gasteiger partial charge in [-0.3, -0.25) is 4.98 Å². The molecule has 1 aliphatic carbocycles. The van der Waals surface area contributed by atoms with Crippen molar-refractivity contribution in [2.75, 3.05) is 0 Å². The predicted octanol–water partition coefficient (Wildman–Crippen LogP) is 3.62. The molecule has 24 heavy (non-hydrogen) atoms. The molecule has 0 saturated heterocycles. The van der Waals surface area contributed by atoms with Crippen LogP contribution in [0.4, 0.5) is 13.2 Å². The highest BCUT2D eigenvalue weighted by Gasteiger charge is 2.56. The summed E-state index contributed by atoms with van der Waals surface area (Å²) in [7, 11) is 0. The molecule has 0 aliphatic heterocycles. The van der Waals surface area contributed by atoms with Crippen LogP contribution in [0.2, 0.25) is 0 Å². The van der Waals surface area contributed by atoms with Gasteiger partial charge >= 0.3 is 6.18 Å². The fraction of sp³-hybridized carbons (Fsp3) is 0.389. The van der Waals surface area contributed by atoms with Crippen molar-refractivity contribution >= 4 is 0 Å². The van der Waals surface area contributed by atoms with Crippen molar-refractivity contribution in [2.24, 2.45) is 0 Å². The number of aliphatic hydroxyl groups excluding tert-OH is 1. The molecule has 0 radical (unpaired) electrons. The molecule has 1 heterocycles. The zero-order valence-corrected chi connectivity index (χ0v) is 13.1. The van der Waals surface area contributed by atoms with Gasteiger partial charge in [-0.1, -0.05) is 18.2 Å². The first kappa shape index (κ1) is 16.9. The van der Waals surface area contributed by atoms with Crippen LogP contribution in [0, 0.1) is 0 Å². The van der Waals surface area contributed by atoms with E-state index in [1.807, 2.05) is 0 Å². The van der Waals surface area contributed by atoms with Crippen molar-refractivity contribution in [2.45, 2.75) is 43.1 Å². The van der Waals surface area contributed by atoms with Gasteiger partial charge in [0.15, 0.2) is 0 Å². The average Bonchev–Trinajstić information content (AvgIpc) is 2.51. The predicted molar refractivity (Wildman–Crippen MR) is 82.2 cm³/mol. The van der Waals surface area contributed by atoms with E-state index in [1.165, 1.54) is 12.1 Å². The minimum absolute atomic E-state index is 0.253. The van der Waals surface area contributed by atoms with E-state index in [2.05, 4.69) is 4.98 Å². The smallest absolute Gasteiger partial charge is 0.390 e. The van der Waals surface area contributed by atoms with Crippen molar-refractivity contribution in [1.82, 2.24) is 4.98 Å². The van der Waals surface area contributed by atoms with Crippen molar-refractivity contribution < 1.29 is 23.4 Å². The number of pyridine rings is 1. The minimum Gasteiger partial charge on any atom is -0.390 e. The quantitative estimate of drug-likeness (QED) is 0.899. The van der Waals surface area contributed by atoms with Gasteiger partial charge in [0.1, 0.15) is 6.10 Å². The third-order valence-electron chi connectivity index (χ3n) is 4.67. The number of benzene rings is 1. The van der Waals surface area contributed by atoms with E-state index in [0.717, 1.165) is 12.1 Å². The van der Waals surface area contributed by atoms with Gasteiger partial charge in [0.2, 0.25) is 0 Å². The van der Waals surface area contributed by atoms with E-state index in [-0.39, 0.29) is 12.8 Å². The monoisotopic (exact) mass is 337 g/mol. The van der Waals surface area contributed by atoms with Gasteiger partial charge in [-0.25, -0.2) is 0 Å². The summed E-state index contributed by atoms with van der Waals surface area (Å²) < 4.78 is 38.3. The Morgan fingerprint density at radius 3 is 2.17 bits per heavy atom. The Bertz CT molecular complexity index is 703. The van der Waals surface area contributed by atoms with E-state index in [0.29, 0.717) is 11.3 Å². The fourth-order valence-electron chi connectivity index (χ4n) is 3.67. The Morgan fingerprint density at radius 1 is 1.08 bits per heavy atom. The molecule has 1 fully saturated rings. The van der Waals surface area contributed by atoms with Crippen LogP contribution in [0.1, 0.15) is 42.7 Å². The Labute approximate surface area is 137 Å². The van der Waals surface area contributed by atoms with Crippen molar-refractivity contribution in [3.63, 3.8) is 0 Å². The maximum Gasteiger partial charge on any atom is 0.416 e. The summed E-state index contributed by atoms with van der Waals surface area (Å²) >= 11 is 0. The lowest BCUT2D eigenvalue weighted by atomic mass is 9.53. The van der Waals surface area contributed by atoms with E-state index in [9.17, 15) is 23.4 Å². The second-order valence-electron chi connectivity index (χ2n) is 6.74. The van der Waals surface area contributed by atoms with Gasteiger partial charge in [0, 0.05) is 11.6 Å². The van der Waals surface area contributed by atoms with Gasteiger partial charge in [-0.05, 0) is 49.6 Å². The third kappa shape index (κ3) is 2.91. The summed E-state index contributed by atoms with van der Waals surface area (Å²) in [6, 6.07) is 9.91. The Morgan fingerprint density at radius 2 is 1.71 bits per heavy atom. The first-order valence-electron chi connectivity index (χ1n) is 7.63. The van der Waals surface area contributed by atoms with Crippen molar-refractivity contribution in [3.05, 3.63) is 65.5 Å².